The van der Waals surface area contributed by atoms with E-state index in [1.165, 1.54) is 4.90 Å². The second-order valence-electron chi connectivity index (χ2n) is 7.98. The lowest BCUT2D eigenvalue weighted by Crippen LogP contribution is -2.29. The van der Waals surface area contributed by atoms with Crippen LogP contribution < -0.4 is 4.74 Å². The quantitative estimate of drug-likeness (QED) is 0.323. The van der Waals surface area contributed by atoms with Crippen molar-refractivity contribution in [3.05, 3.63) is 101 Å². The van der Waals surface area contributed by atoms with Gasteiger partial charge in [0.2, 0.25) is 0 Å². The number of aromatic nitrogens is 1. The molecule has 1 unspecified atom stereocenters. The Morgan fingerprint density at radius 3 is 2.58 bits per heavy atom. The second kappa shape index (κ2) is 9.69. The summed E-state index contributed by atoms with van der Waals surface area (Å²) in [6.45, 7) is 4.63. The lowest BCUT2D eigenvalue weighted by Gasteiger charge is -2.26. The first kappa shape index (κ1) is 22.3. The summed E-state index contributed by atoms with van der Waals surface area (Å²) in [5.41, 5.74) is 2.86. The number of carbonyl (C=O) groups is 2. The molecule has 2 heterocycles. The summed E-state index contributed by atoms with van der Waals surface area (Å²) in [5, 5.41) is 11.3. The fourth-order valence-electron chi connectivity index (χ4n) is 4.03. The minimum atomic E-state index is -0.728. The zero-order valence-electron chi connectivity index (χ0n) is 18.7. The van der Waals surface area contributed by atoms with Crippen molar-refractivity contribution in [2.24, 2.45) is 0 Å². The highest BCUT2D eigenvalue weighted by Crippen LogP contribution is 2.41. The van der Waals surface area contributed by atoms with Gasteiger partial charge in [0.25, 0.3) is 11.7 Å². The van der Waals surface area contributed by atoms with Crippen LogP contribution in [0.25, 0.3) is 5.76 Å². The third-order valence-electron chi connectivity index (χ3n) is 5.66. The number of likely N-dealkylation sites (tertiary alicyclic amines) is 1. The zero-order chi connectivity index (χ0) is 23.4. The Balaban J connectivity index is 1.84. The predicted molar refractivity (Wildman–Crippen MR) is 125 cm³/mol. The number of benzene rings is 2. The molecule has 33 heavy (non-hydrogen) atoms. The van der Waals surface area contributed by atoms with Crippen LogP contribution in [0.2, 0.25) is 0 Å². The molecule has 0 aliphatic carbocycles. The van der Waals surface area contributed by atoms with Crippen LogP contribution in [0.3, 0.4) is 0 Å². The summed E-state index contributed by atoms with van der Waals surface area (Å²) in [6.07, 6.45) is 2.50. The van der Waals surface area contributed by atoms with E-state index in [1.54, 1.807) is 36.5 Å². The molecule has 168 valence electrons. The number of Topliss-reactive ketones (excluding diaryl/α,β-unsaturated/α-hetero) is 1. The highest BCUT2D eigenvalue weighted by Gasteiger charge is 2.46. The van der Waals surface area contributed by atoms with Crippen LogP contribution in [0.15, 0.2) is 78.5 Å². The van der Waals surface area contributed by atoms with Crippen molar-refractivity contribution in [1.29, 1.82) is 0 Å². The Hall–Kier alpha value is -3.93. The van der Waals surface area contributed by atoms with Gasteiger partial charge in [0.1, 0.15) is 11.5 Å². The van der Waals surface area contributed by atoms with Crippen molar-refractivity contribution in [3.8, 4) is 5.75 Å². The number of hydrogen-bond donors (Lipinski definition) is 1. The number of aryl methyl sites for hydroxylation is 1. The average molecular weight is 443 g/mol. The zero-order valence-corrected chi connectivity index (χ0v) is 18.7. The standard InChI is InChI=1S/C27H26N2O4/c1-3-15-33-21-12-8-10-19(16-21)25(30)23-24(22-13-5-4-9-18(22)2)29(27(32)26(23)31)17-20-11-6-7-14-28-20/h4-14,16,24,30H,3,15,17H2,1-2H3/b25-23+. The molecule has 1 N–H and O–H groups in total. The first-order valence-corrected chi connectivity index (χ1v) is 11.0. The Labute approximate surface area is 193 Å². The van der Waals surface area contributed by atoms with E-state index >= 15 is 0 Å². The molecule has 1 aromatic heterocycles. The molecule has 2 aromatic carbocycles. The van der Waals surface area contributed by atoms with Crippen LogP contribution in [-0.4, -0.2) is 33.3 Å². The molecule has 0 bridgehead atoms. The molecule has 1 aliphatic heterocycles. The summed E-state index contributed by atoms with van der Waals surface area (Å²) < 4.78 is 5.68. The van der Waals surface area contributed by atoms with Gasteiger partial charge in [-0.15, -0.1) is 0 Å². The molecule has 1 aliphatic rings. The maximum absolute atomic E-state index is 13.2. The first-order valence-electron chi connectivity index (χ1n) is 11.0. The number of aliphatic hydroxyl groups excluding tert-OH is 1. The first-order chi connectivity index (χ1) is 16.0. The van der Waals surface area contributed by atoms with Crippen molar-refractivity contribution in [2.75, 3.05) is 6.61 Å². The van der Waals surface area contributed by atoms with E-state index in [9.17, 15) is 14.7 Å². The lowest BCUT2D eigenvalue weighted by molar-refractivity contribution is -0.140. The number of pyridine rings is 1. The Morgan fingerprint density at radius 2 is 1.85 bits per heavy atom. The van der Waals surface area contributed by atoms with Crippen molar-refractivity contribution in [2.45, 2.75) is 32.9 Å². The Bertz CT molecular complexity index is 1200. The maximum atomic E-state index is 13.2. The molecule has 1 fully saturated rings. The van der Waals surface area contributed by atoms with Gasteiger partial charge < -0.3 is 14.7 Å². The van der Waals surface area contributed by atoms with Crippen LogP contribution in [0.4, 0.5) is 0 Å². The molecule has 6 nitrogen and oxygen atoms in total. The number of amides is 1. The van der Waals surface area contributed by atoms with Crippen LogP contribution in [-0.2, 0) is 16.1 Å². The fraction of sp³-hybridized carbons (Fsp3) is 0.222. The number of nitrogens with zero attached hydrogens (tertiary/aromatic N) is 2. The van der Waals surface area contributed by atoms with Crippen molar-refractivity contribution in [3.63, 3.8) is 0 Å². The van der Waals surface area contributed by atoms with E-state index in [0.717, 1.165) is 17.5 Å². The smallest absolute Gasteiger partial charge is 0.296 e. The largest absolute Gasteiger partial charge is 0.507 e. The summed E-state index contributed by atoms with van der Waals surface area (Å²) in [6, 6.07) is 19.2. The van der Waals surface area contributed by atoms with E-state index in [-0.39, 0.29) is 17.9 Å². The minimum absolute atomic E-state index is 0.0675. The molecule has 4 rings (SSSR count). The van der Waals surface area contributed by atoms with Gasteiger partial charge in [-0.25, -0.2) is 0 Å². The van der Waals surface area contributed by atoms with Gasteiger partial charge in [-0.3, -0.25) is 14.6 Å². The number of ketones is 1. The summed E-state index contributed by atoms with van der Waals surface area (Å²) in [4.78, 5) is 32.2. The molecular weight excluding hydrogens is 416 g/mol. The molecule has 6 heteroatoms. The van der Waals surface area contributed by atoms with Gasteiger partial charge in [-0.2, -0.15) is 0 Å². The SMILES string of the molecule is CCCOc1cccc(/C(O)=C2\C(=O)C(=O)N(Cc3ccccn3)C2c2ccccc2C)c1. The van der Waals surface area contributed by atoms with Gasteiger partial charge in [-0.05, 0) is 48.7 Å². The van der Waals surface area contributed by atoms with E-state index < -0.39 is 17.7 Å². The highest BCUT2D eigenvalue weighted by molar-refractivity contribution is 6.46. The predicted octanol–water partition coefficient (Wildman–Crippen LogP) is 4.80. The third-order valence-corrected chi connectivity index (χ3v) is 5.66. The third kappa shape index (κ3) is 4.51. The van der Waals surface area contributed by atoms with Crippen LogP contribution in [0.1, 0.15) is 41.8 Å². The molecular formula is C27H26N2O4. The van der Waals surface area contributed by atoms with E-state index in [1.807, 2.05) is 50.2 Å². The van der Waals surface area contributed by atoms with Crippen molar-refractivity contribution in [1.82, 2.24) is 9.88 Å². The van der Waals surface area contributed by atoms with Crippen molar-refractivity contribution < 1.29 is 19.4 Å². The molecule has 1 atom stereocenters. The summed E-state index contributed by atoms with van der Waals surface area (Å²) >= 11 is 0. The molecule has 0 radical (unpaired) electrons. The molecule has 1 amide bonds. The van der Waals surface area contributed by atoms with Crippen LogP contribution in [0, 0.1) is 6.92 Å². The van der Waals surface area contributed by atoms with Crippen LogP contribution >= 0.6 is 0 Å². The van der Waals surface area contributed by atoms with E-state index in [2.05, 4.69) is 4.98 Å². The monoisotopic (exact) mass is 442 g/mol. The Kier molecular flexibility index (Phi) is 6.54. The van der Waals surface area contributed by atoms with E-state index in [4.69, 9.17) is 4.74 Å². The van der Waals surface area contributed by atoms with Gasteiger partial charge in [0.05, 0.1) is 30.5 Å². The Morgan fingerprint density at radius 1 is 1.06 bits per heavy atom. The van der Waals surface area contributed by atoms with Crippen molar-refractivity contribution >= 4 is 17.4 Å². The van der Waals surface area contributed by atoms with Gasteiger partial charge in [0, 0.05) is 11.8 Å². The maximum Gasteiger partial charge on any atom is 0.296 e. The van der Waals surface area contributed by atoms with Gasteiger partial charge in [-0.1, -0.05) is 49.4 Å². The normalized spacial score (nSPS) is 17.4. The van der Waals surface area contributed by atoms with Gasteiger partial charge in [0.15, 0.2) is 0 Å². The minimum Gasteiger partial charge on any atom is -0.507 e. The number of rotatable bonds is 7. The number of carbonyl (C=O) groups excluding carboxylic acids is 2. The topological polar surface area (TPSA) is 79.7 Å². The van der Waals surface area contributed by atoms with Gasteiger partial charge >= 0.3 is 0 Å². The number of ether oxygens (including phenoxy) is 1. The fourth-order valence-corrected chi connectivity index (χ4v) is 4.03. The summed E-state index contributed by atoms with van der Waals surface area (Å²) in [7, 11) is 0. The van der Waals surface area contributed by atoms with E-state index in [0.29, 0.717) is 23.6 Å². The number of hydrogen-bond acceptors (Lipinski definition) is 5. The molecule has 3 aromatic rings. The lowest BCUT2D eigenvalue weighted by atomic mass is 9.92. The molecule has 0 spiro atoms. The number of aliphatic hydroxyl groups is 1. The molecule has 1 saturated heterocycles. The average Bonchev–Trinajstić information content (AvgIpc) is 3.08. The molecule has 0 saturated carbocycles. The van der Waals surface area contributed by atoms with Crippen LogP contribution in [0.5, 0.6) is 5.75 Å². The highest BCUT2D eigenvalue weighted by atomic mass is 16.5. The second-order valence-corrected chi connectivity index (χ2v) is 7.98. The summed E-state index contributed by atoms with van der Waals surface area (Å²) in [5.74, 6) is -0.992.